The second kappa shape index (κ2) is 8.70. The van der Waals surface area contributed by atoms with E-state index in [0.717, 1.165) is 0 Å². The number of esters is 2. The van der Waals surface area contributed by atoms with Crippen molar-refractivity contribution in [2.24, 2.45) is 5.92 Å². The van der Waals surface area contributed by atoms with Gasteiger partial charge in [-0.25, -0.2) is 0 Å². The van der Waals surface area contributed by atoms with Crippen molar-refractivity contribution in [2.45, 2.75) is 20.3 Å². The van der Waals surface area contributed by atoms with Gasteiger partial charge in [-0.1, -0.05) is 0 Å². The molecule has 0 aliphatic carbocycles. The molecule has 0 unspecified atom stereocenters. The number of nitrogens with one attached hydrogen (secondary N) is 1. The number of carbonyl (C=O) groups is 3. The van der Waals surface area contributed by atoms with Gasteiger partial charge >= 0.3 is 11.9 Å². The largest absolute Gasteiger partial charge is 0.465 e. The monoisotopic (exact) mass is 231 g/mol. The molecule has 6 heteroatoms. The molecule has 0 spiro atoms. The topological polar surface area (TPSA) is 81.7 Å². The van der Waals surface area contributed by atoms with Crippen molar-refractivity contribution in [2.75, 3.05) is 19.8 Å². The zero-order valence-corrected chi connectivity index (χ0v) is 9.52. The number of ether oxygens (including phenoxy) is 2. The van der Waals surface area contributed by atoms with Gasteiger partial charge in [-0.05, 0) is 20.3 Å². The van der Waals surface area contributed by atoms with Crippen LogP contribution in [0.25, 0.3) is 0 Å². The zero-order valence-electron chi connectivity index (χ0n) is 9.52. The SMILES string of the molecule is CCOC(=O)C(CCNC=O)C(=O)OCC. The van der Waals surface area contributed by atoms with E-state index in [1.807, 2.05) is 0 Å². The van der Waals surface area contributed by atoms with Crippen LogP contribution in [0, 0.1) is 5.92 Å². The van der Waals surface area contributed by atoms with Gasteiger partial charge in [0.05, 0.1) is 13.2 Å². The molecule has 0 aromatic carbocycles. The van der Waals surface area contributed by atoms with Crippen LogP contribution < -0.4 is 5.32 Å². The number of amides is 1. The summed E-state index contributed by atoms with van der Waals surface area (Å²) in [5, 5.41) is 2.38. The summed E-state index contributed by atoms with van der Waals surface area (Å²) in [7, 11) is 0. The Morgan fingerprint density at radius 1 is 1.19 bits per heavy atom. The van der Waals surface area contributed by atoms with E-state index in [4.69, 9.17) is 9.47 Å². The number of hydrogen-bond acceptors (Lipinski definition) is 5. The van der Waals surface area contributed by atoms with E-state index in [-0.39, 0.29) is 26.2 Å². The predicted molar refractivity (Wildman–Crippen MR) is 55.4 cm³/mol. The second-order valence-corrected chi connectivity index (χ2v) is 2.92. The smallest absolute Gasteiger partial charge is 0.320 e. The molecule has 0 radical (unpaired) electrons. The summed E-state index contributed by atoms with van der Waals surface area (Å²) in [6.07, 6.45) is 0.684. The van der Waals surface area contributed by atoms with Crippen LogP contribution in [-0.4, -0.2) is 38.1 Å². The normalized spacial score (nSPS) is 9.69. The molecule has 0 fully saturated rings. The molecule has 16 heavy (non-hydrogen) atoms. The number of rotatable bonds is 8. The van der Waals surface area contributed by atoms with Crippen LogP contribution in [0.3, 0.4) is 0 Å². The van der Waals surface area contributed by atoms with Gasteiger partial charge in [0.2, 0.25) is 6.41 Å². The molecule has 0 bridgehead atoms. The minimum Gasteiger partial charge on any atom is -0.465 e. The lowest BCUT2D eigenvalue weighted by atomic mass is 10.1. The molecule has 1 N–H and O–H groups in total. The van der Waals surface area contributed by atoms with E-state index in [1.165, 1.54) is 0 Å². The maximum Gasteiger partial charge on any atom is 0.320 e. The lowest BCUT2D eigenvalue weighted by Crippen LogP contribution is -2.31. The average molecular weight is 231 g/mol. The van der Waals surface area contributed by atoms with Gasteiger partial charge in [0.25, 0.3) is 0 Å². The van der Waals surface area contributed by atoms with Gasteiger partial charge in [0, 0.05) is 6.54 Å². The maximum atomic E-state index is 11.4. The van der Waals surface area contributed by atoms with Crippen LogP contribution in [0.2, 0.25) is 0 Å². The lowest BCUT2D eigenvalue weighted by Gasteiger charge is -2.13. The molecule has 0 aromatic heterocycles. The standard InChI is InChI=1S/C10H17NO5/c1-3-15-9(13)8(5-6-11-7-12)10(14)16-4-2/h7-8H,3-6H2,1-2H3,(H,11,12). The van der Waals surface area contributed by atoms with Gasteiger partial charge in [-0.2, -0.15) is 0 Å². The quantitative estimate of drug-likeness (QED) is 0.272. The summed E-state index contributed by atoms with van der Waals surface area (Å²) in [4.78, 5) is 32.9. The molecule has 0 rings (SSSR count). The third-order valence-corrected chi connectivity index (χ3v) is 1.80. The Morgan fingerprint density at radius 2 is 1.69 bits per heavy atom. The molecular formula is C10H17NO5. The Kier molecular flexibility index (Phi) is 7.83. The van der Waals surface area contributed by atoms with Gasteiger partial charge < -0.3 is 14.8 Å². The highest BCUT2D eigenvalue weighted by atomic mass is 16.6. The summed E-state index contributed by atoms with van der Waals surface area (Å²) in [5.74, 6) is -2.20. The fraction of sp³-hybridized carbons (Fsp3) is 0.700. The molecule has 0 saturated carbocycles. The highest BCUT2D eigenvalue weighted by Gasteiger charge is 2.28. The molecule has 6 nitrogen and oxygen atoms in total. The molecule has 0 heterocycles. The molecule has 0 aliphatic heterocycles. The molecule has 0 atom stereocenters. The van der Waals surface area contributed by atoms with Crippen LogP contribution >= 0.6 is 0 Å². The van der Waals surface area contributed by atoms with Crippen LogP contribution in [0.5, 0.6) is 0 Å². The Morgan fingerprint density at radius 3 is 2.06 bits per heavy atom. The average Bonchev–Trinajstić information content (AvgIpc) is 2.25. The fourth-order valence-corrected chi connectivity index (χ4v) is 1.10. The lowest BCUT2D eigenvalue weighted by molar-refractivity contribution is -0.161. The molecule has 1 amide bonds. The van der Waals surface area contributed by atoms with E-state index >= 15 is 0 Å². The third-order valence-electron chi connectivity index (χ3n) is 1.80. The highest BCUT2D eigenvalue weighted by molar-refractivity contribution is 5.94. The van der Waals surface area contributed by atoms with E-state index in [2.05, 4.69) is 5.32 Å². The first-order chi connectivity index (χ1) is 7.67. The number of carbonyl (C=O) groups excluding carboxylic acids is 3. The Hall–Kier alpha value is -1.59. The third kappa shape index (κ3) is 5.33. The van der Waals surface area contributed by atoms with Crippen molar-refractivity contribution in [3.05, 3.63) is 0 Å². The summed E-state index contributed by atoms with van der Waals surface area (Å²) < 4.78 is 9.49. The van der Waals surface area contributed by atoms with Crippen molar-refractivity contribution >= 4 is 18.3 Å². The number of hydrogen-bond donors (Lipinski definition) is 1. The minimum absolute atomic E-state index is 0.177. The summed E-state index contributed by atoms with van der Waals surface area (Å²) in [5.41, 5.74) is 0. The van der Waals surface area contributed by atoms with Crippen molar-refractivity contribution in [3.63, 3.8) is 0 Å². The Labute approximate surface area is 94.3 Å². The van der Waals surface area contributed by atoms with Crippen molar-refractivity contribution in [1.29, 1.82) is 0 Å². The molecule has 0 aromatic rings. The predicted octanol–water partition coefficient (Wildman–Crippen LogP) is -0.135. The van der Waals surface area contributed by atoms with Gasteiger partial charge in [-0.3, -0.25) is 14.4 Å². The van der Waals surface area contributed by atoms with E-state index in [0.29, 0.717) is 6.41 Å². The van der Waals surface area contributed by atoms with E-state index in [9.17, 15) is 14.4 Å². The van der Waals surface area contributed by atoms with Crippen molar-refractivity contribution in [3.8, 4) is 0 Å². The van der Waals surface area contributed by atoms with Crippen LogP contribution in [-0.2, 0) is 23.9 Å². The fourth-order valence-electron chi connectivity index (χ4n) is 1.10. The van der Waals surface area contributed by atoms with Crippen LogP contribution in [0.1, 0.15) is 20.3 Å². The van der Waals surface area contributed by atoms with E-state index in [1.54, 1.807) is 13.8 Å². The molecule has 0 saturated heterocycles. The van der Waals surface area contributed by atoms with Gasteiger partial charge in [-0.15, -0.1) is 0 Å². The molecule has 0 aliphatic rings. The summed E-state index contributed by atoms with van der Waals surface area (Å²) in [6.45, 7) is 3.95. The first kappa shape index (κ1) is 14.4. The Balaban J connectivity index is 4.30. The van der Waals surface area contributed by atoms with Crippen molar-refractivity contribution in [1.82, 2.24) is 5.32 Å². The maximum absolute atomic E-state index is 11.4. The van der Waals surface area contributed by atoms with E-state index < -0.39 is 17.9 Å². The van der Waals surface area contributed by atoms with Crippen LogP contribution in [0.15, 0.2) is 0 Å². The van der Waals surface area contributed by atoms with Gasteiger partial charge in [0.15, 0.2) is 5.92 Å². The van der Waals surface area contributed by atoms with Crippen LogP contribution in [0.4, 0.5) is 0 Å². The van der Waals surface area contributed by atoms with Gasteiger partial charge in [0.1, 0.15) is 0 Å². The molecule has 92 valence electrons. The minimum atomic E-state index is -0.965. The first-order valence-electron chi connectivity index (χ1n) is 5.17. The van der Waals surface area contributed by atoms with Crippen molar-refractivity contribution < 1.29 is 23.9 Å². The first-order valence-corrected chi connectivity index (χ1v) is 5.17. The second-order valence-electron chi connectivity index (χ2n) is 2.92. The highest BCUT2D eigenvalue weighted by Crippen LogP contribution is 2.08. The molecular weight excluding hydrogens is 214 g/mol. The summed E-state index contributed by atoms with van der Waals surface area (Å²) >= 11 is 0. The Bertz CT molecular complexity index is 223. The summed E-state index contributed by atoms with van der Waals surface area (Å²) in [6, 6.07) is 0. The zero-order chi connectivity index (χ0) is 12.4.